The highest BCUT2D eigenvalue weighted by atomic mass is 32.2. The summed E-state index contributed by atoms with van der Waals surface area (Å²) >= 11 is 0. The summed E-state index contributed by atoms with van der Waals surface area (Å²) in [6.45, 7) is 2.36. The van der Waals surface area contributed by atoms with E-state index in [1.807, 2.05) is 0 Å². The molecule has 1 aromatic heterocycles. The van der Waals surface area contributed by atoms with Crippen molar-refractivity contribution >= 4 is 10.0 Å². The van der Waals surface area contributed by atoms with Crippen molar-refractivity contribution in [2.24, 2.45) is 0 Å². The van der Waals surface area contributed by atoms with Crippen LogP contribution < -0.4 is 5.56 Å². The van der Waals surface area contributed by atoms with Gasteiger partial charge < -0.3 is 4.57 Å². The first-order chi connectivity index (χ1) is 9.41. The summed E-state index contributed by atoms with van der Waals surface area (Å²) in [5.41, 5.74) is -0.173. The molecule has 0 saturated carbocycles. The predicted octanol–water partition coefficient (Wildman–Crippen LogP) is 0.542. The Morgan fingerprint density at radius 1 is 1.15 bits per heavy atom. The Morgan fingerprint density at radius 2 is 1.80 bits per heavy atom. The van der Waals surface area contributed by atoms with Gasteiger partial charge in [0.2, 0.25) is 10.0 Å². The molecule has 1 fully saturated rings. The number of likely N-dealkylation sites (tertiary alicyclic amines) is 1. The summed E-state index contributed by atoms with van der Waals surface area (Å²) in [5, 5.41) is 0. The molecule has 1 aliphatic rings. The Hall–Kier alpha value is -1.18. The fourth-order valence-corrected chi connectivity index (χ4v) is 3.22. The van der Waals surface area contributed by atoms with Crippen molar-refractivity contribution in [3.05, 3.63) is 28.7 Å². The van der Waals surface area contributed by atoms with Crippen LogP contribution in [0.25, 0.3) is 0 Å². The van der Waals surface area contributed by atoms with E-state index in [-0.39, 0.29) is 10.5 Å². The minimum atomic E-state index is -3.50. The van der Waals surface area contributed by atoms with Gasteiger partial charge in [-0.15, -0.1) is 0 Å². The first-order valence-corrected chi connectivity index (χ1v) is 8.20. The van der Waals surface area contributed by atoms with Crippen molar-refractivity contribution in [3.63, 3.8) is 0 Å². The third kappa shape index (κ3) is 3.28. The maximum Gasteiger partial charge on any atom is 0.251 e. The van der Waals surface area contributed by atoms with Crippen LogP contribution in [-0.4, -0.2) is 49.4 Å². The van der Waals surface area contributed by atoms with Crippen LogP contribution in [0.15, 0.2) is 28.0 Å². The molecule has 20 heavy (non-hydrogen) atoms. The van der Waals surface area contributed by atoms with E-state index in [9.17, 15) is 13.2 Å². The molecule has 0 bridgehead atoms. The zero-order chi connectivity index (χ0) is 14.8. The summed E-state index contributed by atoms with van der Waals surface area (Å²) in [6, 6.07) is 2.69. The van der Waals surface area contributed by atoms with Crippen molar-refractivity contribution in [3.8, 4) is 0 Å². The second kappa shape index (κ2) is 6.07. The topological polar surface area (TPSA) is 62.6 Å². The van der Waals surface area contributed by atoms with E-state index in [2.05, 4.69) is 4.90 Å². The number of nitrogens with zero attached hydrogens (tertiary/aromatic N) is 3. The molecule has 2 rings (SSSR count). The Labute approximate surface area is 119 Å². The number of sulfonamides is 1. The molecule has 0 aliphatic carbocycles. The van der Waals surface area contributed by atoms with E-state index < -0.39 is 10.0 Å². The van der Waals surface area contributed by atoms with Gasteiger partial charge in [-0.05, 0) is 32.0 Å². The summed E-state index contributed by atoms with van der Waals surface area (Å²) in [7, 11) is -0.539. The van der Waals surface area contributed by atoms with Crippen LogP contribution in [0.5, 0.6) is 0 Å². The standard InChI is InChI=1S/C13H21N3O3S/c1-14(2)20(18,19)12-6-7-13(17)16(10-12)11-15-8-4-3-5-9-15/h6-7,10H,3-5,8-9,11H2,1-2H3. The highest BCUT2D eigenvalue weighted by Crippen LogP contribution is 2.12. The first-order valence-electron chi connectivity index (χ1n) is 6.76. The molecule has 0 unspecified atom stereocenters. The van der Waals surface area contributed by atoms with E-state index in [4.69, 9.17) is 0 Å². The molecule has 0 aromatic carbocycles. The molecule has 1 aromatic rings. The van der Waals surface area contributed by atoms with Crippen LogP contribution in [-0.2, 0) is 16.7 Å². The third-order valence-electron chi connectivity index (χ3n) is 3.54. The Kier molecular flexibility index (Phi) is 4.62. The number of rotatable bonds is 4. The van der Waals surface area contributed by atoms with Crippen molar-refractivity contribution in [2.45, 2.75) is 30.8 Å². The molecule has 1 aliphatic heterocycles. The SMILES string of the molecule is CN(C)S(=O)(=O)c1ccc(=O)n(CN2CCCCC2)c1. The molecule has 112 valence electrons. The molecule has 7 heteroatoms. The summed E-state index contributed by atoms with van der Waals surface area (Å²) in [6.07, 6.45) is 4.92. The molecular weight excluding hydrogens is 278 g/mol. The van der Waals surface area contributed by atoms with Crippen molar-refractivity contribution in [1.29, 1.82) is 0 Å². The lowest BCUT2D eigenvalue weighted by molar-refractivity contribution is 0.179. The average Bonchev–Trinajstić information content (AvgIpc) is 2.42. The van der Waals surface area contributed by atoms with Crippen LogP contribution in [0.4, 0.5) is 0 Å². The summed E-state index contributed by atoms with van der Waals surface area (Å²) in [5.74, 6) is 0. The quantitative estimate of drug-likeness (QED) is 0.814. The monoisotopic (exact) mass is 299 g/mol. The lowest BCUT2D eigenvalue weighted by Gasteiger charge is -2.27. The Morgan fingerprint density at radius 3 is 2.40 bits per heavy atom. The molecule has 6 nitrogen and oxygen atoms in total. The lowest BCUT2D eigenvalue weighted by atomic mass is 10.1. The molecule has 2 heterocycles. The van der Waals surface area contributed by atoms with Gasteiger partial charge in [0, 0.05) is 26.4 Å². The van der Waals surface area contributed by atoms with Gasteiger partial charge in [0.15, 0.2) is 0 Å². The van der Waals surface area contributed by atoms with Gasteiger partial charge in [0.25, 0.3) is 5.56 Å². The molecule has 0 N–H and O–H groups in total. The number of aromatic nitrogens is 1. The van der Waals surface area contributed by atoms with Gasteiger partial charge in [-0.25, -0.2) is 12.7 Å². The molecule has 0 amide bonds. The van der Waals surface area contributed by atoms with E-state index in [1.165, 1.54) is 43.4 Å². The van der Waals surface area contributed by atoms with Crippen molar-refractivity contribution < 1.29 is 8.42 Å². The van der Waals surface area contributed by atoms with Crippen LogP contribution in [0.2, 0.25) is 0 Å². The van der Waals surface area contributed by atoms with Gasteiger partial charge in [-0.3, -0.25) is 9.69 Å². The number of hydrogen-bond acceptors (Lipinski definition) is 4. The van der Waals surface area contributed by atoms with Crippen LogP contribution in [0.1, 0.15) is 19.3 Å². The van der Waals surface area contributed by atoms with E-state index in [0.29, 0.717) is 6.67 Å². The van der Waals surface area contributed by atoms with Gasteiger partial charge in [0.05, 0.1) is 11.6 Å². The first kappa shape index (κ1) is 15.2. The van der Waals surface area contributed by atoms with Crippen molar-refractivity contribution in [2.75, 3.05) is 27.2 Å². The smallest absolute Gasteiger partial charge is 0.251 e. The highest BCUT2D eigenvalue weighted by Gasteiger charge is 2.19. The zero-order valence-electron chi connectivity index (χ0n) is 11.9. The van der Waals surface area contributed by atoms with Gasteiger partial charge in [-0.2, -0.15) is 0 Å². The van der Waals surface area contributed by atoms with E-state index in [1.54, 1.807) is 0 Å². The minimum Gasteiger partial charge on any atom is -0.301 e. The predicted molar refractivity (Wildman–Crippen MR) is 77.0 cm³/mol. The van der Waals surface area contributed by atoms with Gasteiger partial charge in [0.1, 0.15) is 0 Å². The van der Waals surface area contributed by atoms with Crippen LogP contribution in [0, 0.1) is 0 Å². The third-order valence-corrected chi connectivity index (χ3v) is 5.33. The Bertz CT molecular complexity index is 616. The Balaban J connectivity index is 2.27. The summed E-state index contributed by atoms with van der Waals surface area (Å²) in [4.78, 5) is 14.2. The maximum atomic E-state index is 12.1. The highest BCUT2D eigenvalue weighted by molar-refractivity contribution is 7.89. The normalized spacial score (nSPS) is 17.6. The maximum absolute atomic E-state index is 12.1. The molecular formula is C13H21N3O3S. The van der Waals surface area contributed by atoms with Crippen molar-refractivity contribution in [1.82, 2.24) is 13.8 Å². The van der Waals surface area contributed by atoms with Crippen LogP contribution in [0.3, 0.4) is 0 Å². The van der Waals surface area contributed by atoms with E-state index >= 15 is 0 Å². The van der Waals surface area contributed by atoms with Gasteiger partial charge in [-0.1, -0.05) is 6.42 Å². The minimum absolute atomic E-state index is 0.152. The largest absolute Gasteiger partial charge is 0.301 e. The second-order valence-corrected chi connectivity index (χ2v) is 7.43. The van der Waals surface area contributed by atoms with Gasteiger partial charge >= 0.3 is 0 Å². The van der Waals surface area contributed by atoms with E-state index in [0.717, 1.165) is 30.2 Å². The molecule has 0 radical (unpaired) electrons. The zero-order valence-corrected chi connectivity index (χ0v) is 12.8. The lowest BCUT2D eigenvalue weighted by Crippen LogP contribution is -2.36. The number of piperidine rings is 1. The second-order valence-electron chi connectivity index (χ2n) is 5.28. The number of pyridine rings is 1. The fraction of sp³-hybridized carbons (Fsp3) is 0.615. The number of hydrogen-bond donors (Lipinski definition) is 0. The molecule has 1 saturated heterocycles. The van der Waals surface area contributed by atoms with Crippen LogP contribution >= 0.6 is 0 Å². The summed E-state index contributed by atoms with van der Waals surface area (Å²) < 4.78 is 26.8. The average molecular weight is 299 g/mol. The fourth-order valence-electron chi connectivity index (χ4n) is 2.30. The molecule has 0 spiro atoms. The molecule has 0 atom stereocenters.